The molecule has 0 aromatic carbocycles. The number of nitrogens with one attached hydrogen (secondary N) is 2. The molecule has 0 spiro atoms. The van der Waals surface area contributed by atoms with Crippen LogP contribution in [0.5, 0.6) is 0 Å². The van der Waals surface area contributed by atoms with Gasteiger partial charge in [-0.3, -0.25) is 9.89 Å². The molecular weight excluding hydrogens is 282 g/mol. The number of carbonyl (C=O) groups is 1. The number of nitrogens with zero attached hydrogens (tertiary/aromatic N) is 1. The number of aliphatic hydroxyl groups is 1. The lowest BCUT2D eigenvalue weighted by Crippen LogP contribution is -2.38. The van der Waals surface area contributed by atoms with Crippen molar-refractivity contribution >= 4 is 5.91 Å². The number of aryl methyl sites for hydroxylation is 2. The van der Waals surface area contributed by atoms with Gasteiger partial charge in [0, 0.05) is 11.3 Å². The molecule has 1 atom stereocenters. The Morgan fingerprint density at radius 3 is 2.64 bits per heavy atom. The van der Waals surface area contributed by atoms with E-state index >= 15 is 0 Å². The van der Waals surface area contributed by atoms with Crippen molar-refractivity contribution in [1.82, 2.24) is 15.5 Å². The average Bonchev–Trinajstić information content (AvgIpc) is 3.03. The van der Waals surface area contributed by atoms with Gasteiger partial charge in [-0.1, -0.05) is 13.8 Å². The summed E-state index contributed by atoms with van der Waals surface area (Å²) in [6.45, 7) is 9.38. The lowest BCUT2D eigenvalue weighted by atomic mass is 9.96. The fraction of sp³-hybridized carbons (Fsp3) is 0.500. The van der Waals surface area contributed by atoms with E-state index < -0.39 is 5.60 Å². The van der Waals surface area contributed by atoms with Crippen LogP contribution in [0.2, 0.25) is 0 Å². The summed E-state index contributed by atoms with van der Waals surface area (Å²) in [6.07, 6.45) is 0. The molecule has 0 saturated heterocycles. The zero-order valence-corrected chi connectivity index (χ0v) is 13.7. The molecule has 22 heavy (non-hydrogen) atoms. The Bertz CT molecular complexity index is 668. The van der Waals surface area contributed by atoms with Gasteiger partial charge in [-0.15, -0.1) is 0 Å². The highest BCUT2D eigenvalue weighted by atomic mass is 16.3. The third-order valence-electron chi connectivity index (χ3n) is 3.67. The highest BCUT2D eigenvalue weighted by Gasteiger charge is 2.28. The summed E-state index contributed by atoms with van der Waals surface area (Å²) >= 11 is 0. The van der Waals surface area contributed by atoms with E-state index in [0.717, 1.165) is 11.5 Å². The Hall–Kier alpha value is -2.08. The van der Waals surface area contributed by atoms with Crippen molar-refractivity contribution in [1.29, 1.82) is 0 Å². The van der Waals surface area contributed by atoms with Crippen LogP contribution in [0.4, 0.5) is 0 Å². The van der Waals surface area contributed by atoms with Crippen LogP contribution in [0.25, 0.3) is 0 Å². The van der Waals surface area contributed by atoms with Crippen LogP contribution in [-0.4, -0.2) is 27.8 Å². The standard InChI is InChI=1S/C16H23N3O3/c1-9(2)13-7-14(19-18-13)15(20)17-8-16(5,21)12-6-10(3)22-11(12)4/h6-7,9,21H,8H2,1-5H3,(H,17,20)(H,18,19). The summed E-state index contributed by atoms with van der Waals surface area (Å²) < 4.78 is 5.43. The van der Waals surface area contributed by atoms with Gasteiger partial charge in [-0.2, -0.15) is 5.10 Å². The first-order valence-corrected chi connectivity index (χ1v) is 7.34. The third kappa shape index (κ3) is 3.39. The van der Waals surface area contributed by atoms with Gasteiger partial charge in [0.1, 0.15) is 22.8 Å². The van der Waals surface area contributed by atoms with Crippen molar-refractivity contribution < 1.29 is 14.3 Å². The predicted octanol–water partition coefficient (Wildman–Crippen LogP) is 2.38. The van der Waals surface area contributed by atoms with Crippen LogP contribution in [0.1, 0.15) is 60.0 Å². The molecule has 0 aliphatic heterocycles. The first kappa shape index (κ1) is 16.3. The van der Waals surface area contributed by atoms with E-state index in [-0.39, 0.29) is 18.4 Å². The number of aromatic amines is 1. The Morgan fingerprint density at radius 1 is 1.45 bits per heavy atom. The molecule has 0 aliphatic rings. The summed E-state index contributed by atoms with van der Waals surface area (Å²) in [5.41, 5.74) is 0.697. The summed E-state index contributed by atoms with van der Waals surface area (Å²) in [7, 11) is 0. The number of amides is 1. The van der Waals surface area contributed by atoms with Gasteiger partial charge in [0.15, 0.2) is 0 Å². The normalized spacial score (nSPS) is 14.1. The molecule has 120 valence electrons. The van der Waals surface area contributed by atoms with Crippen molar-refractivity contribution in [3.8, 4) is 0 Å². The predicted molar refractivity (Wildman–Crippen MR) is 82.8 cm³/mol. The third-order valence-corrected chi connectivity index (χ3v) is 3.67. The van der Waals surface area contributed by atoms with Gasteiger partial charge in [0.05, 0.1) is 6.54 Å². The Labute approximate surface area is 129 Å². The van der Waals surface area contributed by atoms with Crippen LogP contribution in [0, 0.1) is 13.8 Å². The van der Waals surface area contributed by atoms with E-state index in [0.29, 0.717) is 17.0 Å². The summed E-state index contributed by atoms with van der Waals surface area (Å²) in [4.78, 5) is 12.1. The summed E-state index contributed by atoms with van der Waals surface area (Å²) in [5, 5.41) is 20.1. The Morgan fingerprint density at radius 2 is 2.14 bits per heavy atom. The molecule has 0 saturated carbocycles. The van der Waals surface area contributed by atoms with Crippen molar-refractivity contribution in [3.63, 3.8) is 0 Å². The van der Waals surface area contributed by atoms with Gasteiger partial charge in [-0.05, 0) is 38.8 Å². The van der Waals surface area contributed by atoms with Crippen LogP contribution in [0.3, 0.4) is 0 Å². The molecule has 6 nitrogen and oxygen atoms in total. The maximum atomic E-state index is 12.1. The quantitative estimate of drug-likeness (QED) is 0.791. The fourth-order valence-electron chi connectivity index (χ4n) is 2.35. The molecule has 2 aromatic heterocycles. The lowest BCUT2D eigenvalue weighted by Gasteiger charge is -2.23. The summed E-state index contributed by atoms with van der Waals surface area (Å²) in [5.74, 6) is 1.33. The van der Waals surface area contributed by atoms with Crippen molar-refractivity contribution in [3.05, 3.63) is 40.6 Å². The number of aromatic nitrogens is 2. The van der Waals surface area contributed by atoms with E-state index in [2.05, 4.69) is 15.5 Å². The minimum absolute atomic E-state index is 0.0789. The number of carbonyl (C=O) groups excluding carboxylic acids is 1. The molecule has 0 radical (unpaired) electrons. The smallest absolute Gasteiger partial charge is 0.271 e. The maximum absolute atomic E-state index is 12.1. The topological polar surface area (TPSA) is 91.2 Å². The molecule has 1 unspecified atom stereocenters. The second-order valence-corrected chi connectivity index (χ2v) is 6.15. The van der Waals surface area contributed by atoms with Crippen molar-refractivity contribution in [2.45, 2.75) is 46.1 Å². The second kappa shape index (κ2) is 5.96. The van der Waals surface area contributed by atoms with Gasteiger partial charge in [0.2, 0.25) is 0 Å². The van der Waals surface area contributed by atoms with E-state index in [1.54, 1.807) is 26.0 Å². The number of H-pyrrole nitrogens is 1. The highest BCUT2D eigenvalue weighted by molar-refractivity contribution is 5.92. The molecule has 2 rings (SSSR count). The second-order valence-electron chi connectivity index (χ2n) is 6.15. The van der Waals surface area contributed by atoms with Crippen molar-refractivity contribution in [2.24, 2.45) is 0 Å². The lowest BCUT2D eigenvalue weighted by molar-refractivity contribution is 0.0512. The first-order valence-electron chi connectivity index (χ1n) is 7.34. The van der Waals surface area contributed by atoms with Gasteiger partial charge >= 0.3 is 0 Å². The SMILES string of the molecule is Cc1cc(C(C)(O)CNC(=O)c2cc(C(C)C)[nH]n2)c(C)o1. The van der Waals surface area contributed by atoms with Crippen LogP contribution in [-0.2, 0) is 5.60 Å². The Kier molecular flexibility index (Phi) is 4.42. The van der Waals surface area contributed by atoms with E-state index in [4.69, 9.17) is 4.42 Å². The molecule has 1 amide bonds. The number of hydrogen-bond acceptors (Lipinski definition) is 4. The zero-order valence-electron chi connectivity index (χ0n) is 13.7. The molecule has 0 aliphatic carbocycles. The van der Waals surface area contributed by atoms with E-state index in [1.807, 2.05) is 20.8 Å². The summed E-state index contributed by atoms with van der Waals surface area (Å²) in [6, 6.07) is 3.51. The van der Waals surface area contributed by atoms with Crippen LogP contribution in [0.15, 0.2) is 16.5 Å². The monoisotopic (exact) mass is 305 g/mol. The molecule has 6 heteroatoms. The molecule has 0 fully saturated rings. The van der Waals surface area contributed by atoms with Crippen LogP contribution < -0.4 is 5.32 Å². The maximum Gasteiger partial charge on any atom is 0.271 e. The Balaban J connectivity index is 2.04. The highest BCUT2D eigenvalue weighted by Crippen LogP contribution is 2.26. The number of hydrogen-bond donors (Lipinski definition) is 3. The average molecular weight is 305 g/mol. The molecule has 3 N–H and O–H groups in total. The molecule has 2 aromatic rings. The minimum Gasteiger partial charge on any atom is -0.466 e. The number of rotatable bonds is 5. The molecule has 2 heterocycles. The van der Waals surface area contributed by atoms with Crippen LogP contribution >= 0.6 is 0 Å². The van der Waals surface area contributed by atoms with Gasteiger partial charge < -0.3 is 14.8 Å². The molecule has 0 bridgehead atoms. The minimum atomic E-state index is -1.20. The zero-order chi connectivity index (χ0) is 16.5. The largest absolute Gasteiger partial charge is 0.466 e. The van der Waals surface area contributed by atoms with Gasteiger partial charge in [0.25, 0.3) is 5.91 Å². The van der Waals surface area contributed by atoms with Gasteiger partial charge in [-0.25, -0.2) is 0 Å². The fourth-order valence-corrected chi connectivity index (χ4v) is 2.35. The molecular formula is C16H23N3O3. The first-order chi connectivity index (χ1) is 10.2. The van der Waals surface area contributed by atoms with E-state index in [9.17, 15) is 9.90 Å². The number of furan rings is 1. The van der Waals surface area contributed by atoms with Crippen molar-refractivity contribution in [2.75, 3.05) is 6.54 Å². The van der Waals surface area contributed by atoms with E-state index in [1.165, 1.54) is 0 Å².